The highest BCUT2D eigenvalue weighted by atomic mass is 32.1. The van der Waals surface area contributed by atoms with E-state index in [0.717, 1.165) is 28.8 Å². The van der Waals surface area contributed by atoms with Crippen molar-refractivity contribution in [3.63, 3.8) is 0 Å². The molecule has 2 aromatic rings. The van der Waals surface area contributed by atoms with Crippen molar-refractivity contribution in [1.82, 2.24) is 14.8 Å². The fourth-order valence-electron chi connectivity index (χ4n) is 4.71. The summed E-state index contributed by atoms with van der Waals surface area (Å²) in [6.07, 6.45) is 8.54. The van der Waals surface area contributed by atoms with Crippen LogP contribution in [0.5, 0.6) is 5.75 Å². The van der Waals surface area contributed by atoms with E-state index in [4.69, 9.17) is 4.74 Å². The quantitative estimate of drug-likeness (QED) is 0.567. The summed E-state index contributed by atoms with van der Waals surface area (Å²) in [7, 11) is 0. The molecule has 7 heteroatoms. The maximum atomic E-state index is 12.8. The molecule has 1 aliphatic carbocycles. The van der Waals surface area contributed by atoms with Crippen LogP contribution in [0.3, 0.4) is 0 Å². The van der Waals surface area contributed by atoms with Crippen molar-refractivity contribution in [1.29, 1.82) is 0 Å². The lowest BCUT2D eigenvalue weighted by atomic mass is 9.86. The van der Waals surface area contributed by atoms with Gasteiger partial charge in [0.05, 0.1) is 12.1 Å². The summed E-state index contributed by atoms with van der Waals surface area (Å²) in [6, 6.07) is 7.94. The number of ether oxygens (including phenoxy) is 1. The smallest absolute Gasteiger partial charge is 0.228 e. The van der Waals surface area contributed by atoms with Crippen LogP contribution in [0.4, 0.5) is 0 Å². The van der Waals surface area contributed by atoms with Crippen LogP contribution in [0, 0.1) is 12.8 Å². The number of amides is 2. The van der Waals surface area contributed by atoms with Crippen LogP contribution in [-0.2, 0) is 22.6 Å². The fourth-order valence-corrected chi connectivity index (χ4v) is 5.41. The van der Waals surface area contributed by atoms with E-state index in [-0.39, 0.29) is 11.8 Å². The van der Waals surface area contributed by atoms with Gasteiger partial charge in [0, 0.05) is 38.0 Å². The lowest BCUT2D eigenvalue weighted by molar-refractivity contribution is -0.139. The van der Waals surface area contributed by atoms with Gasteiger partial charge in [-0.1, -0.05) is 49.8 Å². The molecule has 33 heavy (non-hydrogen) atoms. The van der Waals surface area contributed by atoms with E-state index in [1.54, 1.807) is 0 Å². The van der Waals surface area contributed by atoms with Gasteiger partial charge in [-0.25, -0.2) is 4.98 Å². The zero-order valence-corrected chi connectivity index (χ0v) is 20.4. The minimum atomic E-state index is 0.0839. The van der Waals surface area contributed by atoms with E-state index in [1.165, 1.54) is 49.0 Å². The Bertz CT molecular complexity index is 913. The average Bonchev–Trinajstić information content (AvgIpc) is 3.30. The van der Waals surface area contributed by atoms with Crippen molar-refractivity contribution in [2.75, 3.05) is 26.2 Å². The number of piperazine rings is 1. The molecule has 1 aromatic carbocycles. The molecule has 6 nitrogen and oxygen atoms in total. The van der Waals surface area contributed by atoms with Gasteiger partial charge in [0.1, 0.15) is 17.4 Å². The van der Waals surface area contributed by atoms with Crippen LogP contribution in [0.15, 0.2) is 29.6 Å². The number of nitrogens with zero attached hydrogens (tertiary/aromatic N) is 3. The SMILES string of the molecule is Cc1ccc(OCc2nc(CC(=O)N3CCN(C(=O)CCC4CCCCC4)CC3)cs2)cc1. The molecule has 2 aliphatic rings. The number of aryl methyl sites for hydroxylation is 1. The molecule has 0 atom stereocenters. The number of thiazole rings is 1. The number of benzene rings is 1. The van der Waals surface area contributed by atoms with E-state index >= 15 is 0 Å². The molecule has 0 bridgehead atoms. The largest absolute Gasteiger partial charge is 0.486 e. The third kappa shape index (κ3) is 7.03. The summed E-state index contributed by atoms with van der Waals surface area (Å²) >= 11 is 1.52. The first-order chi connectivity index (χ1) is 16.1. The Morgan fingerprint density at radius 1 is 1.00 bits per heavy atom. The molecule has 1 aliphatic heterocycles. The van der Waals surface area contributed by atoms with Gasteiger partial charge in [0.2, 0.25) is 11.8 Å². The highest BCUT2D eigenvalue weighted by Gasteiger charge is 2.25. The topological polar surface area (TPSA) is 62.7 Å². The zero-order valence-electron chi connectivity index (χ0n) is 19.6. The Hall–Kier alpha value is -2.41. The first-order valence-electron chi connectivity index (χ1n) is 12.2. The lowest BCUT2D eigenvalue weighted by Crippen LogP contribution is -2.51. The summed E-state index contributed by atoms with van der Waals surface area (Å²) in [6.45, 7) is 4.96. The van der Waals surface area contributed by atoms with Crippen molar-refractivity contribution in [2.45, 2.75) is 64.9 Å². The molecule has 1 aromatic heterocycles. The van der Waals surface area contributed by atoms with Gasteiger partial charge >= 0.3 is 0 Å². The van der Waals surface area contributed by atoms with Gasteiger partial charge in [0.25, 0.3) is 0 Å². The summed E-state index contributed by atoms with van der Waals surface area (Å²) in [5, 5.41) is 2.81. The predicted molar refractivity (Wildman–Crippen MR) is 130 cm³/mol. The van der Waals surface area contributed by atoms with E-state index in [1.807, 2.05) is 46.4 Å². The molecule has 0 N–H and O–H groups in total. The van der Waals surface area contributed by atoms with Crippen LogP contribution >= 0.6 is 11.3 Å². The maximum Gasteiger partial charge on any atom is 0.228 e. The van der Waals surface area contributed by atoms with Gasteiger partial charge in [0.15, 0.2) is 0 Å². The van der Waals surface area contributed by atoms with Gasteiger partial charge in [-0.15, -0.1) is 11.3 Å². The molecule has 2 amide bonds. The van der Waals surface area contributed by atoms with Crippen molar-refractivity contribution < 1.29 is 14.3 Å². The van der Waals surface area contributed by atoms with Crippen molar-refractivity contribution in [3.05, 3.63) is 45.9 Å². The number of carbonyl (C=O) groups excluding carboxylic acids is 2. The Balaban J connectivity index is 1.17. The van der Waals surface area contributed by atoms with Crippen molar-refractivity contribution in [3.8, 4) is 5.75 Å². The molecule has 1 saturated carbocycles. The van der Waals surface area contributed by atoms with Gasteiger partial charge in [-0.2, -0.15) is 0 Å². The van der Waals surface area contributed by atoms with Crippen LogP contribution in [0.1, 0.15) is 61.2 Å². The molecule has 0 spiro atoms. The molecule has 0 radical (unpaired) electrons. The zero-order chi connectivity index (χ0) is 23.0. The first kappa shape index (κ1) is 23.7. The normalized spacial score (nSPS) is 17.2. The second-order valence-corrected chi connectivity index (χ2v) is 10.3. The van der Waals surface area contributed by atoms with Crippen LogP contribution in [0.2, 0.25) is 0 Å². The number of hydrogen-bond donors (Lipinski definition) is 0. The summed E-state index contributed by atoms with van der Waals surface area (Å²) < 4.78 is 5.79. The number of rotatable bonds is 8. The second-order valence-electron chi connectivity index (χ2n) is 9.32. The fraction of sp³-hybridized carbons (Fsp3) is 0.577. The Labute approximate surface area is 200 Å². The van der Waals surface area contributed by atoms with E-state index in [9.17, 15) is 9.59 Å². The van der Waals surface area contributed by atoms with Crippen molar-refractivity contribution >= 4 is 23.2 Å². The van der Waals surface area contributed by atoms with Gasteiger partial charge in [-0.3, -0.25) is 9.59 Å². The maximum absolute atomic E-state index is 12.8. The average molecular weight is 470 g/mol. The lowest BCUT2D eigenvalue weighted by Gasteiger charge is -2.35. The van der Waals surface area contributed by atoms with Gasteiger partial charge < -0.3 is 14.5 Å². The summed E-state index contributed by atoms with van der Waals surface area (Å²) in [4.78, 5) is 33.7. The van der Waals surface area contributed by atoms with E-state index in [2.05, 4.69) is 4.98 Å². The van der Waals surface area contributed by atoms with E-state index < -0.39 is 0 Å². The Morgan fingerprint density at radius 2 is 1.67 bits per heavy atom. The highest BCUT2D eigenvalue weighted by Crippen LogP contribution is 2.27. The third-order valence-corrected chi connectivity index (χ3v) is 7.66. The molecule has 2 fully saturated rings. The molecule has 2 heterocycles. The second kappa shape index (κ2) is 11.6. The van der Waals surface area contributed by atoms with Crippen LogP contribution in [0.25, 0.3) is 0 Å². The molecule has 4 rings (SSSR count). The molecular weight excluding hydrogens is 434 g/mol. The van der Waals surface area contributed by atoms with Crippen LogP contribution < -0.4 is 4.74 Å². The summed E-state index contributed by atoms with van der Waals surface area (Å²) in [5.41, 5.74) is 1.99. The molecule has 178 valence electrons. The molecule has 1 saturated heterocycles. The third-order valence-electron chi connectivity index (χ3n) is 6.79. The minimum absolute atomic E-state index is 0.0839. The van der Waals surface area contributed by atoms with E-state index in [0.29, 0.717) is 45.6 Å². The number of aromatic nitrogens is 1. The first-order valence-corrected chi connectivity index (χ1v) is 13.1. The molecule has 0 unspecified atom stereocenters. The standard InChI is InChI=1S/C26H35N3O3S/c1-20-7-10-23(11-8-20)32-18-24-27-22(19-33-24)17-26(31)29-15-13-28(14-16-29)25(30)12-9-21-5-3-2-4-6-21/h7-8,10-11,19,21H,2-6,9,12-18H2,1H3. The Kier molecular flexibility index (Phi) is 8.37. The molecular formula is C26H35N3O3S. The highest BCUT2D eigenvalue weighted by molar-refractivity contribution is 7.09. The monoisotopic (exact) mass is 469 g/mol. The number of hydrogen-bond acceptors (Lipinski definition) is 5. The van der Waals surface area contributed by atoms with Crippen LogP contribution in [-0.4, -0.2) is 52.8 Å². The predicted octanol–water partition coefficient (Wildman–Crippen LogP) is 4.60. The minimum Gasteiger partial charge on any atom is -0.486 e. The van der Waals surface area contributed by atoms with Gasteiger partial charge in [-0.05, 0) is 31.4 Å². The number of carbonyl (C=O) groups is 2. The Morgan fingerprint density at radius 3 is 2.36 bits per heavy atom. The van der Waals surface area contributed by atoms with Crippen molar-refractivity contribution in [2.24, 2.45) is 5.92 Å². The summed E-state index contributed by atoms with van der Waals surface area (Å²) in [5.74, 6) is 1.89.